The molecule has 0 aromatic heterocycles. The molecule has 2 atom stereocenters. The lowest BCUT2D eigenvalue weighted by Crippen LogP contribution is -2.44. The Bertz CT molecular complexity index is 154. The van der Waals surface area contributed by atoms with Crippen LogP contribution in [0.2, 0.25) is 0 Å². The van der Waals surface area contributed by atoms with Crippen LogP contribution in [0, 0.1) is 0 Å². The molecule has 66 valence electrons. The molecule has 0 heterocycles. The quantitative estimate of drug-likeness (QED) is 0.520. The van der Waals surface area contributed by atoms with Crippen molar-refractivity contribution in [1.82, 2.24) is 0 Å². The first kappa shape index (κ1) is 10.2. The highest BCUT2D eigenvalue weighted by Crippen LogP contribution is 2.22. The summed E-state index contributed by atoms with van der Waals surface area (Å²) in [6, 6.07) is 0. The van der Waals surface area contributed by atoms with Crippen molar-refractivity contribution in [2.45, 2.75) is 18.4 Å². The maximum Gasteiger partial charge on any atom is 0.417 e. The zero-order valence-electron chi connectivity index (χ0n) is 5.04. The Kier molecular flexibility index (Phi) is 2.83. The van der Waals surface area contributed by atoms with Crippen LogP contribution in [0.15, 0.2) is 0 Å². The molecule has 0 saturated carbocycles. The van der Waals surface area contributed by atoms with Gasteiger partial charge in [-0.2, -0.15) is 13.2 Å². The average molecular weight is 174 g/mol. The fourth-order valence-electron chi connectivity index (χ4n) is 0.314. The van der Waals surface area contributed by atoms with E-state index >= 15 is 0 Å². The minimum Gasteiger partial charge on any atom is -0.479 e. The molecule has 3 N–H and O–H groups in total. The van der Waals surface area contributed by atoms with E-state index in [1.165, 1.54) is 0 Å². The number of aliphatic carboxylic acids is 1. The van der Waals surface area contributed by atoms with Crippen LogP contribution in [0.5, 0.6) is 0 Å². The summed E-state index contributed by atoms with van der Waals surface area (Å²) in [7, 11) is 0. The standard InChI is InChI=1S/C4H5F3O4/c5-4(6,7)2(9)1(8)3(10)11/h1-2,8-9H,(H,10,11)/t1-,2+/m0/s1. The minimum absolute atomic E-state index is 2.12. The number of halogens is 3. The van der Waals surface area contributed by atoms with Gasteiger partial charge in [-0.1, -0.05) is 0 Å². The van der Waals surface area contributed by atoms with Gasteiger partial charge < -0.3 is 15.3 Å². The largest absolute Gasteiger partial charge is 0.479 e. The van der Waals surface area contributed by atoms with E-state index in [0.29, 0.717) is 0 Å². The van der Waals surface area contributed by atoms with Crippen molar-refractivity contribution in [2.24, 2.45) is 0 Å². The molecule has 7 heteroatoms. The van der Waals surface area contributed by atoms with Crippen LogP contribution in [0.1, 0.15) is 0 Å². The van der Waals surface area contributed by atoms with Gasteiger partial charge in [0, 0.05) is 0 Å². The summed E-state index contributed by atoms with van der Waals surface area (Å²) in [6.07, 6.45) is -11.2. The van der Waals surface area contributed by atoms with Crippen molar-refractivity contribution >= 4 is 5.97 Å². The highest BCUT2D eigenvalue weighted by molar-refractivity contribution is 5.72. The number of aliphatic hydroxyl groups excluding tert-OH is 2. The van der Waals surface area contributed by atoms with Crippen LogP contribution in [-0.4, -0.2) is 39.7 Å². The maximum atomic E-state index is 11.4. The minimum atomic E-state index is -5.11. The number of hydrogen-bond acceptors (Lipinski definition) is 3. The molecule has 0 aromatic carbocycles. The van der Waals surface area contributed by atoms with E-state index in [1.807, 2.05) is 0 Å². The summed E-state index contributed by atoms with van der Waals surface area (Å²) in [4.78, 5) is 9.68. The van der Waals surface area contributed by atoms with E-state index in [2.05, 4.69) is 0 Å². The summed E-state index contributed by atoms with van der Waals surface area (Å²) in [5.41, 5.74) is 0. The molecule has 0 saturated heterocycles. The summed E-state index contributed by atoms with van der Waals surface area (Å²) >= 11 is 0. The molecule has 0 aromatic rings. The Morgan fingerprint density at radius 2 is 1.64 bits per heavy atom. The molecule has 0 rings (SSSR count). The van der Waals surface area contributed by atoms with Gasteiger partial charge >= 0.3 is 12.1 Å². The molecule has 0 spiro atoms. The Morgan fingerprint density at radius 3 is 1.73 bits per heavy atom. The van der Waals surface area contributed by atoms with Crippen molar-refractivity contribution in [2.75, 3.05) is 0 Å². The molecule has 0 aliphatic rings. The van der Waals surface area contributed by atoms with Crippen molar-refractivity contribution in [1.29, 1.82) is 0 Å². The van der Waals surface area contributed by atoms with Gasteiger partial charge in [-0.15, -0.1) is 0 Å². The highest BCUT2D eigenvalue weighted by atomic mass is 19.4. The maximum absolute atomic E-state index is 11.4. The molecule has 0 aliphatic carbocycles. The predicted octanol–water partition coefficient (Wildman–Crippen LogP) is -0.645. The van der Waals surface area contributed by atoms with Gasteiger partial charge in [0.15, 0.2) is 12.2 Å². The topological polar surface area (TPSA) is 77.8 Å². The number of rotatable bonds is 2. The Hall–Kier alpha value is -0.820. The molecule has 0 fully saturated rings. The van der Waals surface area contributed by atoms with E-state index in [-0.39, 0.29) is 0 Å². The lowest BCUT2D eigenvalue weighted by atomic mass is 10.2. The third-order valence-corrected chi connectivity index (χ3v) is 0.887. The fraction of sp³-hybridized carbons (Fsp3) is 0.750. The Balaban J connectivity index is 4.25. The van der Waals surface area contributed by atoms with Gasteiger partial charge in [0.25, 0.3) is 0 Å². The first-order valence-corrected chi connectivity index (χ1v) is 2.42. The van der Waals surface area contributed by atoms with Crippen LogP contribution in [0.4, 0.5) is 13.2 Å². The number of carboxylic acids is 1. The van der Waals surface area contributed by atoms with Gasteiger partial charge in [-0.3, -0.25) is 0 Å². The Morgan fingerprint density at radius 1 is 1.27 bits per heavy atom. The van der Waals surface area contributed by atoms with Gasteiger partial charge in [0.2, 0.25) is 0 Å². The second-order valence-electron chi connectivity index (χ2n) is 1.77. The molecule has 11 heavy (non-hydrogen) atoms. The van der Waals surface area contributed by atoms with Gasteiger partial charge in [0.05, 0.1) is 0 Å². The number of alkyl halides is 3. The number of carbonyl (C=O) groups is 1. The third-order valence-electron chi connectivity index (χ3n) is 0.887. The van der Waals surface area contributed by atoms with Crippen LogP contribution in [0.3, 0.4) is 0 Å². The second kappa shape index (κ2) is 3.05. The van der Waals surface area contributed by atoms with Crippen LogP contribution < -0.4 is 0 Å². The molecular formula is C4H5F3O4. The third kappa shape index (κ3) is 2.72. The smallest absolute Gasteiger partial charge is 0.417 e. The average Bonchev–Trinajstić information content (AvgIpc) is 1.82. The molecule has 4 nitrogen and oxygen atoms in total. The lowest BCUT2D eigenvalue weighted by Gasteiger charge is -2.16. The van der Waals surface area contributed by atoms with Crippen molar-refractivity contribution in [3.8, 4) is 0 Å². The van der Waals surface area contributed by atoms with E-state index in [4.69, 9.17) is 15.3 Å². The number of carboxylic acid groups (broad SMARTS) is 1. The number of aliphatic hydroxyl groups is 2. The van der Waals surface area contributed by atoms with E-state index in [9.17, 15) is 18.0 Å². The molecular weight excluding hydrogens is 169 g/mol. The zero-order chi connectivity index (χ0) is 9.23. The molecule has 0 amide bonds. The Labute approximate surface area is 58.9 Å². The van der Waals surface area contributed by atoms with Crippen molar-refractivity contribution < 1.29 is 33.3 Å². The van der Waals surface area contributed by atoms with Crippen LogP contribution >= 0.6 is 0 Å². The first-order valence-electron chi connectivity index (χ1n) is 2.42. The first-order chi connectivity index (χ1) is 4.76. The van der Waals surface area contributed by atoms with E-state index in [0.717, 1.165) is 0 Å². The molecule has 0 aliphatic heterocycles. The van der Waals surface area contributed by atoms with E-state index in [1.54, 1.807) is 0 Å². The fourth-order valence-corrected chi connectivity index (χ4v) is 0.314. The van der Waals surface area contributed by atoms with Crippen molar-refractivity contribution in [3.63, 3.8) is 0 Å². The predicted molar refractivity (Wildman–Crippen MR) is 25.7 cm³/mol. The van der Waals surface area contributed by atoms with Gasteiger partial charge in [-0.25, -0.2) is 4.79 Å². The molecule has 0 bridgehead atoms. The lowest BCUT2D eigenvalue weighted by molar-refractivity contribution is -0.232. The summed E-state index contributed by atoms with van der Waals surface area (Å²) in [6.45, 7) is 0. The normalized spacial score (nSPS) is 17.5. The molecule has 0 radical (unpaired) electrons. The zero-order valence-corrected chi connectivity index (χ0v) is 5.04. The highest BCUT2D eigenvalue weighted by Gasteiger charge is 2.45. The number of hydrogen-bond donors (Lipinski definition) is 3. The van der Waals surface area contributed by atoms with Crippen LogP contribution in [0.25, 0.3) is 0 Å². The molecule has 0 unspecified atom stereocenters. The van der Waals surface area contributed by atoms with Crippen LogP contribution in [-0.2, 0) is 4.79 Å². The van der Waals surface area contributed by atoms with Crippen molar-refractivity contribution in [3.05, 3.63) is 0 Å². The summed E-state index contributed by atoms with van der Waals surface area (Å²) in [5, 5.41) is 24.0. The summed E-state index contributed by atoms with van der Waals surface area (Å²) < 4.78 is 34.2. The SMILES string of the molecule is O=C(O)[C@@H](O)[C@@H](O)C(F)(F)F. The second-order valence-corrected chi connectivity index (χ2v) is 1.77. The summed E-state index contributed by atoms with van der Waals surface area (Å²) in [5.74, 6) is -2.12. The monoisotopic (exact) mass is 174 g/mol. The van der Waals surface area contributed by atoms with Gasteiger partial charge in [-0.05, 0) is 0 Å². The van der Waals surface area contributed by atoms with Gasteiger partial charge in [0.1, 0.15) is 0 Å². The van der Waals surface area contributed by atoms with E-state index < -0.39 is 24.4 Å².